The largest absolute Gasteiger partial charge is 0.507 e. The standard InChI is InChI=1S/C23H24FN3O5/c1-3-25(4-2)13-14-26-20(17-7-5-6-8-18(17)24)19(22(29)23(26)30)21(28)15-9-11-16(12-10-15)27(31)32/h5-12,20,28H,3-4,13-14H2,1-2H3/t20-/m0/s1. The first-order valence-corrected chi connectivity index (χ1v) is 10.3. The molecule has 0 spiro atoms. The van der Waals surface area contributed by atoms with Gasteiger partial charge in [0.1, 0.15) is 11.6 Å². The van der Waals surface area contributed by atoms with Crippen molar-refractivity contribution < 1.29 is 24.0 Å². The number of rotatable bonds is 8. The first-order chi connectivity index (χ1) is 15.3. The molecule has 0 bridgehead atoms. The molecule has 168 valence electrons. The number of carbonyl (C=O) groups excluding carboxylic acids is 2. The molecule has 2 aromatic carbocycles. The van der Waals surface area contributed by atoms with E-state index in [-0.39, 0.29) is 28.9 Å². The maximum atomic E-state index is 14.7. The molecule has 0 aromatic heterocycles. The van der Waals surface area contributed by atoms with E-state index in [1.54, 1.807) is 6.07 Å². The number of halogens is 1. The van der Waals surface area contributed by atoms with Gasteiger partial charge in [0, 0.05) is 36.3 Å². The highest BCUT2D eigenvalue weighted by Gasteiger charge is 2.46. The van der Waals surface area contributed by atoms with E-state index in [1.165, 1.54) is 47.4 Å². The molecule has 1 heterocycles. The van der Waals surface area contributed by atoms with Gasteiger partial charge in [-0.3, -0.25) is 19.7 Å². The monoisotopic (exact) mass is 441 g/mol. The number of aliphatic hydroxyl groups excluding tert-OH is 1. The molecule has 1 amide bonds. The van der Waals surface area contributed by atoms with Crippen molar-refractivity contribution in [1.82, 2.24) is 9.80 Å². The molecule has 1 saturated heterocycles. The zero-order valence-corrected chi connectivity index (χ0v) is 17.8. The molecule has 1 fully saturated rings. The molecule has 3 rings (SSSR count). The summed E-state index contributed by atoms with van der Waals surface area (Å²) in [6, 6.07) is 9.62. The molecule has 0 aliphatic carbocycles. The van der Waals surface area contributed by atoms with Crippen molar-refractivity contribution in [3.05, 3.63) is 81.2 Å². The Morgan fingerprint density at radius 2 is 1.75 bits per heavy atom. The summed E-state index contributed by atoms with van der Waals surface area (Å²) in [6.07, 6.45) is 0. The minimum Gasteiger partial charge on any atom is -0.507 e. The van der Waals surface area contributed by atoms with Gasteiger partial charge in [0.05, 0.1) is 16.5 Å². The van der Waals surface area contributed by atoms with Crippen LogP contribution in [0.4, 0.5) is 10.1 Å². The summed E-state index contributed by atoms with van der Waals surface area (Å²) in [5.74, 6) is -2.86. The maximum Gasteiger partial charge on any atom is 0.295 e. The first-order valence-electron chi connectivity index (χ1n) is 10.3. The predicted octanol–water partition coefficient (Wildman–Crippen LogP) is 3.50. The number of likely N-dealkylation sites (N-methyl/N-ethyl adjacent to an activating group) is 1. The Labute approximate surface area is 184 Å². The van der Waals surface area contributed by atoms with Gasteiger partial charge in [-0.25, -0.2) is 4.39 Å². The topological polar surface area (TPSA) is 104 Å². The van der Waals surface area contributed by atoms with E-state index < -0.39 is 34.2 Å². The Kier molecular flexibility index (Phi) is 6.99. The molecule has 9 heteroatoms. The van der Waals surface area contributed by atoms with Gasteiger partial charge in [-0.1, -0.05) is 32.0 Å². The Balaban J connectivity index is 2.11. The van der Waals surface area contributed by atoms with Crippen LogP contribution in [0, 0.1) is 15.9 Å². The highest BCUT2D eigenvalue weighted by molar-refractivity contribution is 6.46. The average molecular weight is 441 g/mol. The number of hydrogen-bond donors (Lipinski definition) is 1. The minimum absolute atomic E-state index is 0.0923. The summed E-state index contributed by atoms with van der Waals surface area (Å²) < 4.78 is 14.7. The number of carbonyl (C=O) groups is 2. The zero-order valence-electron chi connectivity index (χ0n) is 17.8. The number of hydrogen-bond acceptors (Lipinski definition) is 6. The average Bonchev–Trinajstić information content (AvgIpc) is 3.04. The summed E-state index contributed by atoms with van der Waals surface area (Å²) in [4.78, 5) is 39.5. The van der Waals surface area contributed by atoms with Crippen LogP contribution in [0.5, 0.6) is 0 Å². The van der Waals surface area contributed by atoms with E-state index in [0.29, 0.717) is 6.54 Å². The van der Waals surface area contributed by atoms with E-state index >= 15 is 0 Å². The summed E-state index contributed by atoms with van der Waals surface area (Å²) in [7, 11) is 0. The number of nitrogens with zero attached hydrogens (tertiary/aromatic N) is 3. The van der Waals surface area contributed by atoms with Gasteiger partial charge >= 0.3 is 0 Å². The van der Waals surface area contributed by atoms with Crippen LogP contribution in [0.1, 0.15) is 31.0 Å². The van der Waals surface area contributed by atoms with Gasteiger partial charge in [0.2, 0.25) is 0 Å². The Morgan fingerprint density at radius 1 is 1.12 bits per heavy atom. The molecule has 2 aromatic rings. The number of likely N-dealkylation sites (tertiary alicyclic amines) is 1. The fraction of sp³-hybridized carbons (Fsp3) is 0.304. The van der Waals surface area contributed by atoms with Gasteiger partial charge < -0.3 is 14.9 Å². The van der Waals surface area contributed by atoms with Crippen molar-refractivity contribution in [2.75, 3.05) is 26.2 Å². The van der Waals surface area contributed by atoms with Crippen LogP contribution in [0.15, 0.2) is 54.1 Å². The lowest BCUT2D eigenvalue weighted by Gasteiger charge is -2.28. The van der Waals surface area contributed by atoms with Crippen molar-refractivity contribution in [2.45, 2.75) is 19.9 Å². The van der Waals surface area contributed by atoms with Crippen LogP contribution in [0.3, 0.4) is 0 Å². The van der Waals surface area contributed by atoms with Crippen molar-refractivity contribution in [2.24, 2.45) is 0 Å². The van der Waals surface area contributed by atoms with Crippen LogP contribution in [0.25, 0.3) is 5.76 Å². The fourth-order valence-corrected chi connectivity index (χ4v) is 3.82. The molecular formula is C23H24FN3O5. The smallest absolute Gasteiger partial charge is 0.295 e. The van der Waals surface area contributed by atoms with Gasteiger partial charge in [0.15, 0.2) is 0 Å². The number of Topliss-reactive ketones (excluding diaryl/α,β-unsaturated/α-hetero) is 1. The van der Waals surface area contributed by atoms with E-state index in [4.69, 9.17) is 0 Å². The summed E-state index contributed by atoms with van der Waals surface area (Å²) in [6.45, 7) is 6.08. The third kappa shape index (κ3) is 4.38. The van der Waals surface area contributed by atoms with Gasteiger partial charge in [-0.2, -0.15) is 0 Å². The maximum absolute atomic E-state index is 14.7. The Morgan fingerprint density at radius 3 is 2.31 bits per heavy atom. The lowest BCUT2D eigenvalue weighted by molar-refractivity contribution is -0.384. The molecule has 1 atom stereocenters. The van der Waals surface area contributed by atoms with Crippen LogP contribution < -0.4 is 0 Å². The number of benzene rings is 2. The molecule has 0 saturated carbocycles. The minimum atomic E-state index is -1.11. The van der Waals surface area contributed by atoms with E-state index in [1.807, 2.05) is 13.8 Å². The molecule has 8 nitrogen and oxygen atoms in total. The number of aliphatic hydroxyl groups is 1. The molecule has 32 heavy (non-hydrogen) atoms. The first kappa shape index (κ1) is 23.1. The van der Waals surface area contributed by atoms with Gasteiger partial charge in [-0.15, -0.1) is 0 Å². The second kappa shape index (κ2) is 9.69. The third-order valence-corrected chi connectivity index (χ3v) is 5.64. The summed E-state index contributed by atoms with van der Waals surface area (Å²) >= 11 is 0. The highest BCUT2D eigenvalue weighted by atomic mass is 19.1. The summed E-state index contributed by atoms with van der Waals surface area (Å²) in [5.41, 5.74) is -0.214. The molecular weight excluding hydrogens is 417 g/mol. The number of nitro benzene ring substituents is 1. The number of non-ortho nitro benzene ring substituents is 1. The van der Waals surface area contributed by atoms with Gasteiger partial charge in [0.25, 0.3) is 17.4 Å². The quantitative estimate of drug-likeness (QED) is 0.221. The van der Waals surface area contributed by atoms with Crippen LogP contribution in [-0.4, -0.2) is 57.7 Å². The van der Waals surface area contributed by atoms with E-state index in [9.17, 15) is 29.2 Å². The van der Waals surface area contributed by atoms with Crippen LogP contribution in [-0.2, 0) is 9.59 Å². The number of nitro groups is 1. The van der Waals surface area contributed by atoms with Crippen LogP contribution in [0.2, 0.25) is 0 Å². The number of amides is 1. The molecule has 1 N–H and O–H groups in total. The molecule has 1 aliphatic heterocycles. The Hall–Kier alpha value is -3.59. The Bertz CT molecular complexity index is 1060. The van der Waals surface area contributed by atoms with Crippen molar-refractivity contribution in [1.29, 1.82) is 0 Å². The second-order valence-corrected chi connectivity index (χ2v) is 7.34. The number of ketones is 1. The molecule has 0 unspecified atom stereocenters. The fourth-order valence-electron chi connectivity index (χ4n) is 3.82. The van der Waals surface area contributed by atoms with Crippen molar-refractivity contribution in [3.63, 3.8) is 0 Å². The van der Waals surface area contributed by atoms with Gasteiger partial charge in [-0.05, 0) is 31.3 Å². The van der Waals surface area contributed by atoms with Crippen molar-refractivity contribution in [3.8, 4) is 0 Å². The van der Waals surface area contributed by atoms with Crippen molar-refractivity contribution >= 4 is 23.1 Å². The second-order valence-electron chi connectivity index (χ2n) is 7.34. The summed E-state index contributed by atoms with van der Waals surface area (Å²) in [5, 5.41) is 21.8. The highest BCUT2D eigenvalue weighted by Crippen LogP contribution is 2.40. The lowest BCUT2D eigenvalue weighted by Crippen LogP contribution is -2.38. The zero-order chi connectivity index (χ0) is 23.4. The normalized spacial score (nSPS) is 17.9. The van der Waals surface area contributed by atoms with E-state index in [0.717, 1.165) is 13.1 Å². The SMILES string of the molecule is CCN(CC)CCN1C(=O)C(=O)C(=C(O)c2ccc([N+](=O)[O-])cc2)[C@@H]1c1ccccc1F. The van der Waals surface area contributed by atoms with Crippen LogP contribution >= 0.6 is 0 Å². The lowest BCUT2D eigenvalue weighted by atomic mass is 9.95. The molecule has 0 radical (unpaired) electrons. The molecule has 1 aliphatic rings. The van der Waals surface area contributed by atoms with E-state index in [2.05, 4.69) is 4.90 Å². The third-order valence-electron chi connectivity index (χ3n) is 5.64. The predicted molar refractivity (Wildman–Crippen MR) is 116 cm³/mol.